The highest BCUT2D eigenvalue weighted by Gasteiger charge is 2.11. The smallest absolute Gasteiger partial charge is 0.255 e. The van der Waals surface area contributed by atoms with Gasteiger partial charge in [-0.2, -0.15) is 0 Å². The molecule has 0 saturated heterocycles. The third-order valence-electron chi connectivity index (χ3n) is 2.64. The van der Waals surface area contributed by atoms with E-state index in [0.29, 0.717) is 16.3 Å². The summed E-state index contributed by atoms with van der Waals surface area (Å²) in [6.07, 6.45) is 0. The highest BCUT2D eigenvalue weighted by molar-refractivity contribution is 9.10. The summed E-state index contributed by atoms with van der Waals surface area (Å²) in [5, 5.41) is 3.19. The maximum atomic E-state index is 13.1. The van der Waals surface area contributed by atoms with Gasteiger partial charge in [-0.05, 0) is 52.7 Å². The van der Waals surface area contributed by atoms with Gasteiger partial charge in [0.05, 0.1) is 15.2 Å². The minimum atomic E-state index is -0.412. The van der Waals surface area contributed by atoms with Crippen LogP contribution in [0.15, 0.2) is 40.9 Å². The molecule has 19 heavy (non-hydrogen) atoms. The molecule has 2 nitrogen and oxygen atoms in total. The number of nitrogens with one attached hydrogen (secondary N) is 1. The van der Waals surface area contributed by atoms with Gasteiger partial charge in [0.1, 0.15) is 5.82 Å². The average Bonchev–Trinajstić information content (AvgIpc) is 2.37. The van der Waals surface area contributed by atoms with Crippen molar-refractivity contribution >= 4 is 39.1 Å². The number of halogens is 3. The predicted molar refractivity (Wildman–Crippen MR) is 78.2 cm³/mol. The highest BCUT2D eigenvalue weighted by atomic mass is 79.9. The monoisotopic (exact) mass is 341 g/mol. The fraction of sp³-hybridized carbons (Fsp3) is 0.0714. The lowest BCUT2D eigenvalue weighted by Crippen LogP contribution is -2.13. The first-order chi connectivity index (χ1) is 8.99. The van der Waals surface area contributed by atoms with E-state index in [1.165, 1.54) is 18.2 Å². The van der Waals surface area contributed by atoms with Crippen molar-refractivity contribution in [2.45, 2.75) is 6.92 Å². The first-order valence-electron chi connectivity index (χ1n) is 5.50. The topological polar surface area (TPSA) is 29.1 Å². The Labute approximate surface area is 123 Å². The molecule has 2 rings (SSSR count). The summed E-state index contributed by atoms with van der Waals surface area (Å²) in [6, 6.07) is 9.44. The lowest BCUT2D eigenvalue weighted by atomic mass is 10.1. The van der Waals surface area contributed by atoms with E-state index in [1.54, 1.807) is 6.07 Å². The van der Waals surface area contributed by atoms with Crippen molar-refractivity contribution in [1.29, 1.82) is 0 Å². The first kappa shape index (κ1) is 14.0. The molecule has 1 N–H and O–H groups in total. The first-order valence-corrected chi connectivity index (χ1v) is 6.67. The van der Waals surface area contributed by atoms with Crippen LogP contribution in [0.3, 0.4) is 0 Å². The lowest BCUT2D eigenvalue weighted by molar-refractivity contribution is 0.102. The Morgan fingerprint density at radius 1 is 1.32 bits per heavy atom. The summed E-state index contributed by atoms with van der Waals surface area (Å²) in [7, 11) is 0. The summed E-state index contributed by atoms with van der Waals surface area (Å²) >= 11 is 9.08. The number of rotatable bonds is 2. The molecule has 0 atom stereocenters. The van der Waals surface area contributed by atoms with E-state index >= 15 is 0 Å². The molecule has 0 unspecified atom stereocenters. The van der Waals surface area contributed by atoms with Gasteiger partial charge in [0.15, 0.2) is 0 Å². The molecule has 0 fully saturated rings. The van der Waals surface area contributed by atoms with Gasteiger partial charge in [-0.1, -0.05) is 23.7 Å². The molecule has 0 radical (unpaired) electrons. The van der Waals surface area contributed by atoms with Crippen LogP contribution in [0.5, 0.6) is 0 Å². The van der Waals surface area contributed by atoms with Crippen LogP contribution in [-0.4, -0.2) is 5.91 Å². The number of benzene rings is 2. The lowest BCUT2D eigenvalue weighted by Gasteiger charge is -2.10. The molecule has 0 aliphatic carbocycles. The van der Waals surface area contributed by atoms with Gasteiger partial charge in [0, 0.05) is 5.56 Å². The number of hydrogen-bond donors (Lipinski definition) is 1. The second-order valence-corrected chi connectivity index (χ2v) is 5.28. The summed E-state index contributed by atoms with van der Waals surface area (Å²) in [4.78, 5) is 12.1. The normalized spacial score (nSPS) is 10.3. The Kier molecular flexibility index (Phi) is 4.22. The van der Waals surface area contributed by atoms with Gasteiger partial charge < -0.3 is 5.32 Å². The van der Waals surface area contributed by atoms with Crippen LogP contribution in [0.25, 0.3) is 0 Å². The number of carbonyl (C=O) groups is 1. The zero-order chi connectivity index (χ0) is 14.0. The maximum Gasteiger partial charge on any atom is 0.255 e. The molecular weight excluding hydrogens is 333 g/mol. The number of carbonyl (C=O) groups excluding carboxylic acids is 1. The number of amides is 1. The minimum absolute atomic E-state index is 0.246. The van der Waals surface area contributed by atoms with Gasteiger partial charge >= 0.3 is 0 Å². The molecule has 0 aliphatic rings. The largest absolute Gasteiger partial charge is 0.320 e. The van der Waals surface area contributed by atoms with E-state index < -0.39 is 5.82 Å². The zero-order valence-electron chi connectivity index (χ0n) is 10.0. The highest BCUT2D eigenvalue weighted by Crippen LogP contribution is 2.26. The van der Waals surface area contributed by atoms with Crippen molar-refractivity contribution in [2.24, 2.45) is 0 Å². The third-order valence-corrected chi connectivity index (χ3v) is 3.56. The van der Waals surface area contributed by atoms with Crippen molar-refractivity contribution < 1.29 is 9.18 Å². The van der Waals surface area contributed by atoms with E-state index in [-0.39, 0.29) is 10.4 Å². The SMILES string of the molecule is Cc1cccc(Cl)c1NC(=O)c1ccc(F)c(Br)c1. The molecule has 98 valence electrons. The van der Waals surface area contributed by atoms with E-state index in [1.807, 2.05) is 19.1 Å². The van der Waals surface area contributed by atoms with Crippen LogP contribution >= 0.6 is 27.5 Å². The van der Waals surface area contributed by atoms with E-state index in [0.717, 1.165) is 5.56 Å². The van der Waals surface area contributed by atoms with E-state index in [4.69, 9.17) is 11.6 Å². The number of anilines is 1. The maximum absolute atomic E-state index is 13.1. The van der Waals surface area contributed by atoms with Crippen LogP contribution in [0.2, 0.25) is 5.02 Å². The molecule has 0 aromatic heterocycles. The summed E-state index contributed by atoms with van der Waals surface area (Å²) < 4.78 is 13.4. The average molecular weight is 343 g/mol. The Morgan fingerprint density at radius 2 is 2.05 bits per heavy atom. The van der Waals surface area contributed by atoms with Gasteiger partial charge in [-0.15, -0.1) is 0 Å². The fourth-order valence-corrected chi connectivity index (χ4v) is 2.26. The Morgan fingerprint density at radius 3 is 2.68 bits per heavy atom. The fourth-order valence-electron chi connectivity index (χ4n) is 1.61. The predicted octanol–water partition coefficient (Wildman–Crippen LogP) is 4.80. The molecule has 0 saturated carbocycles. The molecule has 2 aromatic carbocycles. The van der Waals surface area contributed by atoms with Crippen LogP contribution in [0.4, 0.5) is 10.1 Å². The van der Waals surface area contributed by atoms with Crippen molar-refractivity contribution in [1.82, 2.24) is 0 Å². The van der Waals surface area contributed by atoms with Crippen molar-refractivity contribution in [3.63, 3.8) is 0 Å². The molecule has 0 aliphatic heterocycles. The van der Waals surface area contributed by atoms with Crippen molar-refractivity contribution in [3.8, 4) is 0 Å². The minimum Gasteiger partial charge on any atom is -0.320 e. The van der Waals surface area contributed by atoms with Gasteiger partial charge in [0.25, 0.3) is 5.91 Å². The molecule has 2 aromatic rings. The van der Waals surface area contributed by atoms with Gasteiger partial charge in [0.2, 0.25) is 0 Å². The van der Waals surface area contributed by atoms with Crippen LogP contribution < -0.4 is 5.32 Å². The number of hydrogen-bond acceptors (Lipinski definition) is 1. The second-order valence-electron chi connectivity index (χ2n) is 4.01. The number of aryl methyl sites for hydroxylation is 1. The quantitative estimate of drug-likeness (QED) is 0.834. The molecule has 5 heteroatoms. The summed E-state index contributed by atoms with van der Waals surface area (Å²) in [5.74, 6) is -0.748. The molecule has 0 bridgehead atoms. The van der Waals surface area contributed by atoms with E-state index in [2.05, 4.69) is 21.2 Å². The standard InChI is InChI=1S/C14H10BrClFNO/c1-8-3-2-4-11(16)13(8)18-14(19)9-5-6-12(17)10(15)7-9/h2-7H,1H3,(H,18,19). The van der Waals surface area contributed by atoms with Gasteiger partial charge in [-0.25, -0.2) is 4.39 Å². The number of para-hydroxylation sites is 1. The van der Waals surface area contributed by atoms with Gasteiger partial charge in [-0.3, -0.25) is 4.79 Å². The third kappa shape index (κ3) is 3.14. The molecule has 1 amide bonds. The Hall–Kier alpha value is -1.39. The van der Waals surface area contributed by atoms with Crippen molar-refractivity contribution in [3.05, 3.63) is 62.8 Å². The van der Waals surface area contributed by atoms with Crippen LogP contribution in [0, 0.1) is 12.7 Å². The zero-order valence-corrected chi connectivity index (χ0v) is 12.3. The second kappa shape index (κ2) is 5.72. The summed E-state index contributed by atoms with van der Waals surface area (Å²) in [6.45, 7) is 1.85. The Bertz CT molecular complexity index is 625. The molecule has 0 spiro atoms. The summed E-state index contributed by atoms with van der Waals surface area (Å²) in [5.41, 5.74) is 1.78. The van der Waals surface area contributed by atoms with E-state index in [9.17, 15) is 9.18 Å². The van der Waals surface area contributed by atoms with Crippen molar-refractivity contribution in [2.75, 3.05) is 5.32 Å². The molecular formula is C14H10BrClFNO. The van der Waals surface area contributed by atoms with Crippen LogP contribution in [-0.2, 0) is 0 Å². The van der Waals surface area contributed by atoms with Crippen LogP contribution in [0.1, 0.15) is 15.9 Å². The Balaban J connectivity index is 2.28. The molecule has 0 heterocycles.